The molecule has 0 spiro atoms. The van der Waals surface area contributed by atoms with Gasteiger partial charge in [0.1, 0.15) is 5.75 Å². The summed E-state index contributed by atoms with van der Waals surface area (Å²) in [4.78, 5) is 22.2. The highest BCUT2D eigenvalue weighted by atomic mass is 16.5. The summed E-state index contributed by atoms with van der Waals surface area (Å²) in [7, 11) is 1.58. The number of methoxy groups -OCH3 is 1. The summed E-state index contributed by atoms with van der Waals surface area (Å²) < 4.78 is 9.56. The minimum Gasteiger partial charge on any atom is -0.497 e. The van der Waals surface area contributed by atoms with E-state index in [4.69, 9.17) is 4.74 Å². The minimum atomic E-state index is -0.860. The van der Waals surface area contributed by atoms with Crippen LogP contribution in [0.15, 0.2) is 24.3 Å². The molecule has 1 rings (SSSR count). The average molecular weight is 237 g/mol. The molecule has 1 N–H and O–H groups in total. The summed E-state index contributed by atoms with van der Waals surface area (Å²) in [6.45, 7) is 2.12. The number of rotatable bonds is 4. The zero-order valence-corrected chi connectivity index (χ0v) is 9.86. The van der Waals surface area contributed by atoms with Gasteiger partial charge in [-0.1, -0.05) is 12.1 Å². The van der Waals surface area contributed by atoms with Crippen molar-refractivity contribution in [2.24, 2.45) is 0 Å². The van der Waals surface area contributed by atoms with Crippen LogP contribution in [0.4, 0.5) is 0 Å². The summed E-state index contributed by atoms with van der Waals surface area (Å²) in [6, 6.07) is 7.19. The normalized spacial score (nSPS) is 9.53. The highest BCUT2D eigenvalue weighted by Gasteiger charge is 2.13. The number of benzene rings is 1. The van der Waals surface area contributed by atoms with Crippen LogP contribution in [0.1, 0.15) is 12.5 Å². The zero-order chi connectivity index (χ0) is 12.7. The molecule has 0 unspecified atom stereocenters. The van der Waals surface area contributed by atoms with Gasteiger partial charge < -0.3 is 14.8 Å². The van der Waals surface area contributed by atoms with Crippen molar-refractivity contribution >= 4 is 11.9 Å². The summed E-state index contributed by atoms with van der Waals surface area (Å²) >= 11 is 0. The van der Waals surface area contributed by atoms with Crippen molar-refractivity contribution in [3.05, 3.63) is 29.8 Å². The van der Waals surface area contributed by atoms with E-state index in [1.54, 1.807) is 26.2 Å². The van der Waals surface area contributed by atoms with Crippen molar-refractivity contribution < 1.29 is 19.1 Å². The molecule has 0 radical (unpaired) electrons. The predicted molar refractivity (Wildman–Crippen MR) is 61.5 cm³/mol. The topological polar surface area (TPSA) is 64.6 Å². The Morgan fingerprint density at radius 1 is 1.24 bits per heavy atom. The maximum atomic E-state index is 11.2. The van der Waals surface area contributed by atoms with Gasteiger partial charge >= 0.3 is 11.9 Å². The Morgan fingerprint density at radius 3 is 2.41 bits per heavy atom. The van der Waals surface area contributed by atoms with Gasteiger partial charge in [-0.15, -0.1) is 0 Å². The molecule has 92 valence electrons. The number of hydrogen-bond donors (Lipinski definition) is 1. The number of carbonyl (C=O) groups is 2. The lowest BCUT2D eigenvalue weighted by atomic mass is 10.2. The van der Waals surface area contributed by atoms with Gasteiger partial charge in [0.05, 0.1) is 13.7 Å². The maximum Gasteiger partial charge on any atom is 0.396 e. The smallest absolute Gasteiger partial charge is 0.396 e. The van der Waals surface area contributed by atoms with Gasteiger partial charge in [-0.2, -0.15) is 0 Å². The lowest BCUT2D eigenvalue weighted by Crippen LogP contribution is -2.32. The fourth-order valence-corrected chi connectivity index (χ4v) is 1.19. The molecule has 0 heterocycles. The van der Waals surface area contributed by atoms with Crippen molar-refractivity contribution in [3.63, 3.8) is 0 Å². The summed E-state index contributed by atoms with van der Waals surface area (Å²) in [5.74, 6) is -0.853. The molecule has 5 heteroatoms. The second-order valence-corrected chi connectivity index (χ2v) is 3.25. The van der Waals surface area contributed by atoms with E-state index in [9.17, 15) is 9.59 Å². The van der Waals surface area contributed by atoms with Crippen molar-refractivity contribution in [3.8, 4) is 5.75 Å². The molecular weight excluding hydrogens is 222 g/mol. The van der Waals surface area contributed by atoms with Crippen molar-refractivity contribution in [2.75, 3.05) is 13.7 Å². The molecule has 0 aliphatic carbocycles. The zero-order valence-electron chi connectivity index (χ0n) is 9.86. The second kappa shape index (κ2) is 6.52. The molecule has 17 heavy (non-hydrogen) atoms. The Bertz CT molecular complexity index is 386. The standard InChI is InChI=1S/C12H15NO4/c1-3-17-12(15)11(14)13-8-9-4-6-10(16-2)7-5-9/h4-7H,3,8H2,1-2H3,(H,13,14). The molecule has 1 amide bonds. The number of esters is 1. The Kier molecular flexibility index (Phi) is 5.00. The summed E-state index contributed by atoms with van der Waals surface area (Å²) in [5.41, 5.74) is 0.878. The van der Waals surface area contributed by atoms with Crippen molar-refractivity contribution in [1.82, 2.24) is 5.32 Å². The average Bonchev–Trinajstić information content (AvgIpc) is 2.36. The van der Waals surface area contributed by atoms with Crippen LogP contribution in [-0.4, -0.2) is 25.6 Å². The largest absolute Gasteiger partial charge is 0.497 e. The van der Waals surface area contributed by atoms with Crippen LogP contribution in [0.3, 0.4) is 0 Å². The molecule has 1 aromatic rings. The molecule has 0 aromatic heterocycles. The van der Waals surface area contributed by atoms with E-state index < -0.39 is 11.9 Å². The Balaban J connectivity index is 2.44. The SMILES string of the molecule is CCOC(=O)C(=O)NCc1ccc(OC)cc1. The van der Waals surface area contributed by atoms with Crippen LogP contribution in [0, 0.1) is 0 Å². The molecule has 0 aliphatic heterocycles. The van der Waals surface area contributed by atoms with E-state index in [0.29, 0.717) is 0 Å². The van der Waals surface area contributed by atoms with E-state index in [1.807, 2.05) is 12.1 Å². The van der Waals surface area contributed by atoms with Crippen LogP contribution in [0.5, 0.6) is 5.75 Å². The number of hydrogen-bond acceptors (Lipinski definition) is 4. The van der Waals surface area contributed by atoms with E-state index in [-0.39, 0.29) is 13.2 Å². The lowest BCUT2D eigenvalue weighted by molar-refractivity contribution is -0.154. The highest BCUT2D eigenvalue weighted by molar-refractivity contribution is 6.32. The van der Waals surface area contributed by atoms with Crippen LogP contribution in [0.2, 0.25) is 0 Å². The van der Waals surface area contributed by atoms with E-state index in [2.05, 4.69) is 10.1 Å². The highest BCUT2D eigenvalue weighted by Crippen LogP contribution is 2.10. The van der Waals surface area contributed by atoms with Gasteiger partial charge in [0, 0.05) is 6.54 Å². The first kappa shape index (κ1) is 13.0. The molecular formula is C12H15NO4. The third-order valence-corrected chi connectivity index (χ3v) is 2.07. The predicted octanol–water partition coefficient (Wildman–Crippen LogP) is 0.874. The maximum absolute atomic E-state index is 11.2. The number of ether oxygens (including phenoxy) is 2. The van der Waals surface area contributed by atoms with Gasteiger partial charge in [0.15, 0.2) is 0 Å². The third-order valence-electron chi connectivity index (χ3n) is 2.07. The molecule has 0 saturated heterocycles. The minimum absolute atomic E-state index is 0.189. The Hall–Kier alpha value is -2.04. The van der Waals surface area contributed by atoms with Gasteiger partial charge in [0.25, 0.3) is 0 Å². The monoisotopic (exact) mass is 237 g/mol. The van der Waals surface area contributed by atoms with Gasteiger partial charge in [-0.05, 0) is 24.6 Å². The molecule has 5 nitrogen and oxygen atoms in total. The van der Waals surface area contributed by atoms with E-state index in [0.717, 1.165) is 11.3 Å². The fourth-order valence-electron chi connectivity index (χ4n) is 1.19. The molecule has 0 saturated carbocycles. The van der Waals surface area contributed by atoms with E-state index in [1.165, 1.54) is 0 Å². The van der Waals surface area contributed by atoms with Crippen LogP contribution >= 0.6 is 0 Å². The van der Waals surface area contributed by atoms with Crippen LogP contribution in [-0.2, 0) is 20.9 Å². The van der Waals surface area contributed by atoms with Crippen LogP contribution in [0.25, 0.3) is 0 Å². The first-order chi connectivity index (χ1) is 8.17. The Labute approximate surface area is 99.7 Å². The number of amides is 1. The summed E-state index contributed by atoms with van der Waals surface area (Å²) in [6.07, 6.45) is 0. The van der Waals surface area contributed by atoms with E-state index >= 15 is 0 Å². The molecule has 1 aromatic carbocycles. The van der Waals surface area contributed by atoms with Crippen LogP contribution < -0.4 is 10.1 Å². The van der Waals surface area contributed by atoms with Crippen molar-refractivity contribution in [2.45, 2.75) is 13.5 Å². The molecule has 0 fully saturated rings. The number of carbonyl (C=O) groups excluding carboxylic acids is 2. The summed E-state index contributed by atoms with van der Waals surface area (Å²) in [5, 5.41) is 2.47. The molecule has 0 aliphatic rings. The number of nitrogens with one attached hydrogen (secondary N) is 1. The molecule has 0 atom stereocenters. The quantitative estimate of drug-likeness (QED) is 0.623. The lowest BCUT2D eigenvalue weighted by Gasteiger charge is -2.05. The first-order valence-corrected chi connectivity index (χ1v) is 5.25. The van der Waals surface area contributed by atoms with Gasteiger partial charge in [0.2, 0.25) is 0 Å². The fraction of sp³-hybridized carbons (Fsp3) is 0.333. The van der Waals surface area contributed by atoms with Crippen molar-refractivity contribution in [1.29, 1.82) is 0 Å². The van der Waals surface area contributed by atoms with Gasteiger partial charge in [-0.25, -0.2) is 4.79 Å². The Morgan fingerprint density at radius 2 is 1.88 bits per heavy atom. The second-order valence-electron chi connectivity index (χ2n) is 3.25. The molecule has 0 bridgehead atoms. The third kappa shape index (κ3) is 4.14. The van der Waals surface area contributed by atoms with Gasteiger partial charge in [-0.3, -0.25) is 4.79 Å². The first-order valence-electron chi connectivity index (χ1n) is 5.25.